The largest absolute Gasteiger partial charge is 0.360 e. The summed E-state index contributed by atoms with van der Waals surface area (Å²) in [5.41, 5.74) is 2.81. The van der Waals surface area contributed by atoms with Gasteiger partial charge in [0.15, 0.2) is 5.69 Å². The summed E-state index contributed by atoms with van der Waals surface area (Å²) in [6, 6.07) is 6.25. The predicted molar refractivity (Wildman–Crippen MR) is 93.4 cm³/mol. The third-order valence-corrected chi connectivity index (χ3v) is 4.56. The lowest BCUT2D eigenvalue weighted by Gasteiger charge is -2.03. The molecule has 0 spiro atoms. The minimum Gasteiger partial charge on any atom is -0.360 e. The molecule has 0 aliphatic heterocycles. The van der Waals surface area contributed by atoms with Crippen molar-refractivity contribution in [3.05, 3.63) is 65.1 Å². The fourth-order valence-electron chi connectivity index (χ4n) is 3.22. The molecule has 7 heteroatoms. The monoisotopic (exact) mass is 354 g/mol. The van der Waals surface area contributed by atoms with Gasteiger partial charge in [-0.05, 0) is 37.0 Å². The normalized spacial score (nSPS) is 13.9. The Bertz CT molecular complexity index is 914. The van der Waals surface area contributed by atoms with Crippen molar-refractivity contribution in [2.24, 2.45) is 0 Å². The molecule has 0 unspecified atom stereocenters. The number of hydrogen-bond acceptors (Lipinski definition) is 4. The van der Waals surface area contributed by atoms with Gasteiger partial charge in [-0.15, -0.1) is 0 Å². The third-order valence-electron chi connectivity index (χ3n) is 4.56. The topological polar surface area (TPSA) is 73.0 Å². The average molecular weight is 354 g/mol. The number of anilines is 1. The maximum absolute atomic E-state index is 13.0. The van der Waals surface area contributed by atoms with Crippen molar-refractivity contribution < 1.29 is 13.7 Å². The quantitative estimate of drug-likeness (QED) is 0.727. The van der Waals surface area contributed by atoms with Crippen molar-refractivity contribution in [2.45, 2.75) is 38.6 Å². The Morgan fingerprint density at radius 3 is 2.85 bits per heavy atom. The Kier molecular flexibility index (Phi) is 4.51. The number of carbonyl (C=O) groups excluding carboxylic acids is 1. The van der Waals surface area contributed by atoms with E-state index in [0.29, 0.717) is 17.9 Å². The second-order valence-corrected chi connectivity index (χ2v) is 6.50. The molecule has 6 nitrogen and oxygen atoms in total. The first-order valence-electron chi connectivity index (χ1n) is 8.75. The second-order valence-electron chi connectivity index (χ2n) is 6.50. The van der Waals surface area contributed by atoms with E-state index in [1.54, 1.807) is 29.2 Å². The Balaban J connectivity index is 1.45. The summed E-state index contributed by atoms with van der Waals surface area (Å²) in [5, 5.41) is 11.0. The molecule has 134 valence electrons. The van der Waals surface area contributed by atoms with Crippen molar-refractivity contribution in [1.29, 1.82) is 0 Å². The molecule has 0 fully saturated rings. The number of aromatic nitrogens is 3. The first-order chi connectivity index (χ1) is 12.7. The number of nitrogens with zero attached hydrogens (tertiary/aromatic N) is 3. The summed E-state index contributed by atoms with van der Waals surface area (Å²) < 4.78 is 20.0. The molecule has 0 atom stereocenters. The minimum atomic E-state index is -0.279. The molecule has 1 N–H and O–H groups in total. The number of halogens is 1. The van der Waals surface area contributed by atoms with E-state index in [-0.39, 0.29) is 11.7 Å². The minimum absolute atomic E-state index is 0.270. The van der Waals surface area contributed by atoms with Gasteiger partial charge in [0.2, 0.25) is 0 Å². The lowest BCUT2D eigenvalue weighted by Crippen LogP contribution is -2.14. The Morgan fingerprint density at radius 1 is 1.19 bits per heavy atom. The van der Waals surface area contributed by atoms with Crippen LogP contribution >= 0.6 is 0 Å². The fraction of sp³-hybridized carbons (Fsp3) is 0.316. The zero-order valence-corrected chi connectivity index (χ0v) is 14.2. The lowest BCUT2D eigenvalue weighted by molar-refractivity contribution is 0.101. The van der Waals surface area contributed by atoms with Crippen LogP contribution in [0.2, 0.25) is 0 Å². The molecule has 1 aliphatic carbocycles. The molecule has 1 aromatic carbocycles. The number of benzene rings is 1. The van der Waals surface area contributed by atoms with Crippen LogP contribution in [0.5, 0.6) is 0 Å². The van der Waals surface area contributed by atoms with Gasteiger partial charge in [0.1, 0.15) is 11.6 Å². The number of amides is 1. The van der Waals surface area contributed by atoms with Gasteiger partial charge in [0.25, 0.3) is 5.91 Å². The van der Waals surface area contributed by atoms with Crippen LogP contribution in [-0.4, -0.2) is 20.8 Å². The molecule has 1 amide bonds. The summed E-state index contributed by atoms with van der Waals surface area (Å²) in [6.45, 7) is 0.496. The molecule has 4 rings (SSSR count). The molecular formula is C19H19FN4O2. The van der Waals surface area contributed by atoms with Crippen LogP contribution in [0.1, 0.15) is 46.6 Å². The molecule has 0 radical (unpaired) electrons. The summed E-state index contributed by atoms with van der Waals surface area (Å²) in [6.07, 6.45) is 8.24. The van der Waals surface area contributed by atoms with Crippen molar-refractivity contribution >= 4 is 11.6 Å². The fourth-order valence-corrected chi connectivity index (χ4v) is 3.22. The first kappa shape index (κ1) is 16.5. The highest BCUT2D eigenvalue weighted by Gasteiger charge is 2.23. The molecular weight excluding hydrogens is 335 g/mol. The van der Waals surface area contributed by atoms with Gasteiger partial charge >= 0.3 is 0 Å². The van der Waals surface area contributed by atoms with E-state index in [2.05, 4.69) is 15.6 Å². The number of nitrogens with one attached hydrogen (secondary N) is 1. The SMILES string of the molecule is O=C(Nc1cnn(Cc2ccc(F)cc2)c1)c1noc2c1CCCCC2. The van der Waals surface area contributed by atoms with Crippen LogP contribution < -0.4 is 5.32 Å². The molecule has 3 aromatic rings. The number of carbonyl (C=O) groups is 1. The van der Waals surface area contributed by atoms with E-state index < -0.39 is 0 Å². The second kappa shape index (κ2) is 7.11. The van der Waals surface area contributed by atoms with E-state index in [9.17, 15) is 9.18 Å². The highest BCUT2D eigenvalue weighted by atomic mass is 19.1. The molecule has 2 aromatic heterocycles. The zero-order chi connectivity index (χ0) is 17.9. The predicted octanol–water partition coefficient (Wildman–Crippen LogP) is 3.58. The van der Waals surface area contributed by atoms with Crippen molar-refractivity contribution in [3.8, 4) is 0 Å². The van der Waals surface area contributed by atoms with E-state index in [0.717, 1.165) is 49.0 Å². The van der Waals surface area contributed by atoms with Gasteiger partial charge in [-0.2, -0.15) is 5.10 Å². The van der Waals surface area contributed by atoms with Gasteiger partial charge in [-0.3, -0.25) is 9.48 Å². The van der Waals surface area contributed by atoms with Crippen LogP contribution in [-0.2, 0) is 19.4 Å². The summed E-state index contributed by atoms with van der Waals surface area (Å²) >= 11 is 0. The van der Waals surface area contributed by atoms with E-state index >= 15 is 0 Å². The molecule has 0 bridgehead atoms. The standard InChI is InChI=1S/C19H19FN4O2/c20-14-8-6-13(7-9-14)11-24-12-15(10-21-24)22-19(25)18-16-4-2-1-3-5-17(16)26-23-18/h6-10,12H,1-5,11H2,(H,22,25). The van der Waals surface area contributed by atoms with Crippen molar-refractivity contribution in [1.82, 2.24) is 14.9 Å². The van der Waals surface area contributed by atoms with Crippen LogP contribution in [0.15, 0.2) is 41.2 Å². The number of hydrogen-bond donors (Lipinski definition) is 1. The highest BCUT2D eigenvalue weighted by Crippen LogP contribution is 2.24. The van der Waals surface area contributed by atoms with E-state index in [1.807, 2.05) is 0 Å². The Morgan fingerprint density at radius 2 is 2.00 bits per heavy atom. The summed E-state index contributed by atoms with van der Waals surface area (Å²) in [7, 11) is 0. The van der Waals surface area contributed by atoms with Crippen LogP contribution in [0.25, 0.3) is 0 Å². The molecule has 26 heavy (non-hydrogen) atoms. The van der Waals surface area contributed by atoms with Crippen LogP contribution in [0.3, 0.4) is 0 Å². The number of fused-ring (bicyclic) bond motifs is 1. The smallest absolute Gasteiger partial charge is 0.278 e. The van der Waals surface area contributed by atoms with Crippen LogP contribution in [0.4, 0.5) is 10.1 Å². The maximum Gasteiger partial charge on any atom is 0.278 e. The van der Waals surface area contributed by atoms with Gasteiger partial charge in [0, 0.05) is 18.2 Å². The van der Waals surface area contributed by atoms with E-state index in [4.69, 9.17) is 4.52 Å². The Labute approximate surface area is 150 Å². The third kappa shape index (κ3) is 3.51. The zero-order valence-electron chi connectivity index (χ0n) is 14.2. The number of rotatable bonds is 4. The van der Waals surface area contributed by atoms with Crippen LogP contribution in [0, 0.1) is 5.82 Å². The van der Waals surface area contributed by atoms with Gasteiger partial charge in [0.05, 0.1) is 18.4 Å². The first-order valence-corrected chi connectivity index (χ1v) is 8.75. The lowest BCUT2D eigenvalue weighted by atomic mass is 10.1. The summed E-state index contributed by atoms with van der Waals surface area (Å²) in [4.78, 5) is 12.6. The number of aryl methyl sites for hydroxylation is 1. The van der Waals surface area contributed by atoms with Gasteiger partial charge in [-0.1, -0.05) is 23.7 Å². The van der Waals surface area contributed by atoms with Gasteiger partial charge < -0.3 is 9.84 Å². The highest BCUT2D eigenvalue weighted by molar-refractivity contribution is 6.03. The molecule has 0 saturated carbocycles. The van der Waals surface area contributed by atoms with Gasteiger partial charge in [-0.25, -0.2) is 4.39 Å². The molecule has 0 saturated heterocycles. The maximum atomic E-state index is 13.0. The Hall–Kier alpha value is -2.96. The molecule has 2 heterocycles. The average Bonchev–Trinajstić information content (AvgIpc) is 3.17. The van der Waals surface area contributed by atoms with E-state index in [1.165, 1.54) is 12.1 Å². The van der Waals surface area contributed by atoms with Crippen molar-refractivity contribution in [2.75, 3.05) is 5.32 Å². The van der Waals surface area contributed by atoms with Crippen molar-refractivity contribution in [3.63, 3.8) is 0 Å². The molecule has 1 aliphatic rings. The summed E-state index contributed by atoms with van der Waals surface area (Å²) in [5.74, 6) is 0.284.